The van der Waals surface area contributed by atoms with E-state index in [0.29, 0.717) is 16.6 Å². The number of hydrogen-bond acceptors (Lipinski definition) is 5. The van der Waals surface area contributed by atoms with E-state index in [9.17, 15) is 4.79 Å². The van der Waals surface area contributed by atoms with E-state index in [1.54, 1.807) is 17.7 Å². The van der Waals surface area contributed by atoms with Crippen LogP contribution in [0.15, 0.2) is 59.0 Å². The zero-order valence-electron chi connectivity index (χ0n) is 15.0. The zero-order valence-corrected chi connectivity index (χ0v) is 16.6. The predicted molar refractivity (Wildman–Crippen MR) is 111 cm³/mol. The van der Waals surface area contributed by atoms with Gasteiger partial charge in [0.15, 0.2) is 4.96 Å². The van der Waals surface area contributed by atoms with Crippen molar-refractivity contribution >= 4 is 27.9 Å². The second kappa shape index (κ2) is 6.72. The molecule has 0 bridgehead atoms. The van der Waals surface area contributed by atoms with Crippen molar-refractivity contribution in [2.45, 2.75) is 18.3 Å². The van der Waals surface area contributed by atoms with Crippen molar-refractivity contribution in [1.82, 2.24) is 14.4 Å². The normalized spacial score (nSPS) is 18.4. The van der Waals surface area contributed by atoms with E-state index < -0.39 is 0 Å². The van der Waals surface area contributed by atoms with Gasteiger partial charge in [0.1, 0.15) is 10.8 Å². The highest BCUT2D eigenvalue weighted by Gasteiger charge is 2.43. The van der Waals surface area contributed by atoms with Crippen molar-refractivity contribution < 1.29 is 4.74 Å². The van der Waals surface area contributed by atoms with Crippen molar-refractivity contribution in [3.63, 3.8) is 0 Å². The number of fused-ring (bicyclic) bond motifs is 1. The molecule has 5 nitrogen and oxygen atoms in total. The van der Waals surface area contributed by atoms with E-state index >= 15 is 0 Å². The SMILES string of the molecule is COc1ccc(-c2csc3nc(C4CC4c4cccnc4)c(Cl)c(=O)n23)cc1. The first-order chi connectivity index (χ1) is 13.7. The molecule has 2 unspecified atom stereocenters. The molecule has 3 aromatic heterocycles. The summed E-state index contributed by atoms with van der Waals surface area (Å²) in [5.74, 6) is 1.26. The van der Waals surface area contributed by atoms with Crippen LogP contribution in [0.4, 0.5) is 0 Å². The summed E-state index contributed by atoms with van der Waals surface area (Å²) in [5.41, 5.74) is 3.34. The number of ether oxygens (including phenoxy) is 1. The minimum atomic E-state index is -0.217. The van der Waals surface area contributed by atoms with Gasteiger partial charge in [-0.2, -0.15) is 0 Å². The van der Waals surface area contributed by atoms with Crippen molar-refractivity contribution in [2.24, 2.45) is 0 Å². The Kier molecular flexibility index (Phi) is 4.18. The summed E-state index contributed by atoms with van der Waals surface area (Å²) in [6.45, 7) is 0. The molecule has 0 saturated heterocycles. The number of methoxy groups -OCH3 is 1. The van der Waals surface area contributed by atoms with Crippen molar-refractivity contribution in [3.05, 3.63) is 80.8 Å². The molecule has 1 saturated carbocycles. The molecule has 2 atom stereocenters. The minimum absolute atomic E-state index is 0.168. The smallest absolute Gasteiger partial charge is 0.278 e. The van der Waals surface area contributed by atoms with Crippen LogP contribution in [0.2, 0.25) is 5.02 Å². The lowest BCUT2D eigenvalue weighted by Gasteiger charge is -2.07. The fraction of sp³-hybridized carbons (Fsp3) is 0.190. The van der Waals surface area contributed by atoms with E-state index in [0.717, 1.165) is 29.0 Å². The highest BCUT2D eigenvalue weighted by Crippen LogP contribution is 2.55. The first kappa shape index (κ1) is 17.4. The monoisotopic (exact) mass is 409 g/mol. The Balaban J connectivity index is 1.56. The maximum Gasteiger partial charge on any atom is 0.278 e. The number of rotatable bonds is 4. The Morgan fingerprint density at radius 3 is 2.75 bits per heavy atom. The zero-order chi connectivity index (χ0) is 19.3. The summed E-state index contributed by atoms with van der Waals surface area (Å²) in [6.07, 6.45) is 4.57. The number of benzene rings is 1. The molecular formula is C21H16ClN3O2S. The van der Waals surface area contributed by atoms with Crippen LogP contribution in [0.1, 0.15) is 29.5 Å². The molecule has 5 rings (SSSR count). The summed E-state index contributed by atoms with van der Waals surface area (Å²) < 4.78 is 6.81. The van der Waals surface area contributed by atoms with E-state index in [-0.39, 0.29) is 16.5 Å². The van der Waals surface area contributed by atoms with Gasteiger partial charge in [-0.05, 0) is 53.8 Å². The van der Waals surface area contributed by atoms with Gasteiger partial charge in [0.2, 0.25) is 0 Å². The molecule has 1 fully saturated rings. The molecule has 1 aliphatic rings. The summed E-state index contributed by atoms with van der Waals surface area (Å²) in [6, 6.07) is 11.6. The van der Waals surface area contributed by atoms with Gasteiger partial charge in [0.05, 0.1) is 18.5 Å². The molecule has 0 radical (unpaired) electrons. The number of pyridine rings is 1. The third-order valence-electron chi connectivity index (χ3n) is 5.18. The maximum absolute atomic E-state index is 13.1. The highest BCUT2D eigenvalue weighted by molar-refractivity contribution is 7.15. The number of halogens is 1. The van der Waals surface area contributed by atoms with E-state index in [2.05, 4.69) is 11.1 Å². The predicted octanol–water partition coefficient (Wildman–Crippen LogP) is 4.75. The summed E-state index contributed by atoms with van der Waals surface area (Å²) >= 11 is 7.94. The van der Waals surface area contributed by atoms with Gasteiger partial charge in [-0.3, -0.25) is 9.78 Å². The Bertz CT molecular complexity index is 1220. The van der Waals surface area contributed by atoms with E-state index in [1.807, 2.05) is 41.9 Å². The first-order valence-electron chi connectivity index (χ1n) is 8.91. The van der Waals surface area contributed by atoms with Gasteiger partial charge >= 0.3 is 0 Å². The summed E-state index contributed by atoms with van der Waals surface area (Å²) in [4.78, 5) is 22.7. The summed E-state index contributed by atoms with van der Waals surface area (Å²) in [5, 5.41) is 2.15. The standard InChI is InChI=1S/C21H16ClN3O2S/c1-27-14-6-4-12(5-7-14)17-11-28-21-24-19(18(22)20(26)25(17)21)16-9-15(16)13-3-2-8-23-10-13/h2-8,10-11,15-16H,9H2,1H3. The van der Waals surface area contributed by atoms with Crippen molar-refractivity contribution in [2.75, 3.05) is 7.11 Å². The molecule has 0 N–H and O–H groups in total. The largest absolute Gasteiger partial charge is 0.497 e. The van der Waals surface area contributed by atoms with Gasteiger partial charge < -0.3 is 4.74 Å². The fourth-order valence-electron chi connectivity index (χ4n) is 3.61. The lowest BCUT2D eigenvalue weighted by atomic mass is 10.1. The topological polar surface area (TPSA) is 56.5 Å². The average Bonchev–Trinajstić information content (AvgIpc) is 3.43. The molecule has 140 valence electrons. The van der Waals surface area contributed by atoms with Gasteiger partial charge in [-0.25, -0.2) is 9.38 Å². The number of hydrogen-bond donors (Lipinski definition) is 0. The quantitative estimate of drug-likeness (QED) is 0.488. The van der Waals surface area contributed by atoms with Crippen LogP contribution >= 0.6 is 22.9 Å². The maximum atomic E-state index is 13.1. The molecule has 7 heteroatoms. The second-order valence-electron chi connectivity index (χ2n) is 6.82. The van der Waals surface area contributed by atoms with Crippen LogP contribution < -0.4 is 10.3 Å². The third kappa shape index (κ3) is 2.80. The number of nitrogens with zero attached hydrogens (tertiary/aromatic N) is 3. The molecule has 1 aliphatic carbocycles. The van der Waals surface area contributed by atoms with Crippen LogP contribution in [-0.2, 0) is 0 Å². The first-order valence-corrected chi connectivity index (χ1v) is 10.2. The van der Waals surface area contributed by atoms with Crippen LogP contribution in [0, 0.1) is 0 Å². The van der Waals surface area contributed by atoms with Crippen LogP contribution in [0.5, 0.6) is 5.75 Å². The molecule has 3 heterocycles. The Morgan fingerprint density at radius 2 is 2.04 bits per heavy atom. The Morgan fingerprint density at radius 1 is 1.21 bits per heavy atom. The lowest BCUT2D eigenvalue weighted by molar-refractivity contribution is 0.415. The van der Waals surface area contributed by atoms with Gasteiger partial charge in [-0.15, -0.1) is 11.3 Å². The molecule has 0 amide bonds. The second-order valence-corrected chi connectivity index (χ2v) is 8.03. The molecular weight excluding hydrogens is 394 g/mol. The minimum Gasteiger partial charge on any atom is -0.497 e. The molecule has 0 spiro atoms. The van der Waals surface area contributed by atoms with Gasteiger partial charge in [0.25, 0.3) is 5.56 Å². The molecule has 28 heavy (non-hydrogen) atoms. The van der Waals surface area contributed by atoms with Crippen LogP contribution in [0.25, 0.3) is 16.2 Å². The van der Waals surface area contributed by atoms with Crippen molar-refractivity contribution in [1.29, 1.82) is 0 Å². The average molecular weight is 410 g/mol. The van der Waals surface area contributed by atoms with E-state index in [4.69, 9.17) is 21.3 Å². The highest BCUT2D eigenvalue weighted by atomic mass is 35.5. The Labute approximate surface area is 170 Å². The van der Waals surface area contributed by atoms with Crippen LogP contribution in [0.3, 0.4) is 0 Å². The van der Waals surface area contributed by atoms with E-state index in [1.165, 1.54) is 11.3 Å². The number of thiazole rings is 1. The Hall–Kier alpha value is -2.70. The molecule has 4 aromatic rings. The lowest BCUT2D eigenvalue weighted by Crippen LogP contribution is -2.17. The molecule has 0 aliphatic heterocycles. The fourth-order valence-corrected chi connectivity index (χ4v) is 4.78. The van der Waals surface area contributed by atoms with Gasteiger partial charge in [0, 0.05) is 23.7 Å². The molecule has 1 aromatic carbocycles. The number of aromatic nitrogens is 3. The summed E-state index contributed by atoms with van der Waals surface area (Å²) in [7, 11) is 1.63. The van der Waals surface area contributed by atoms with Gasteiger partial charge in [-0.1, -0.05) is 17.7 Å². The third-order valence-corrected chi connectivity index (χ3v) is 6.36. The van der Waals surface area contributed by atoms with Crippen molar-refractivity contribution in [3.8, 4) is 17.0 Å². The van der Waals surface area contributed by atoms with Crippen LogP contribution in [-0.4, -0.2) is 21.5 Å².